The number of hydrogen-bond donors (Lipinski definition) is 1. The van der Waals surface area contributed by atoms with Crippen LogP contribution in [0.4, 0.5) is 0 Å². The molecule has 0 aliphatic heterocycles. The Labute approximate surface area is 183 Å². The van der Waals surface area contributed by atoms with Gasteiger partial charge in [-0.15, -0.1) is 0 Å². The van der Waals surface area contributed by atoms with Gasteiger partial charge in [-0.1, -0.05) is 46.3 Å². The number of halogens is 1. The number of carbonyl (C=O) groups is 1. The van der Waals surface area contributed by atoms with E-state index in [0.717, 1.165) is 10.0 Å². The lowest BCUT2D eigenvalue weighted by Crippen LogP contribution is -2.24. The SMILES string of the molecule is COc1ccc(OCc2cccc(Br)c2)c(/C=N\NC(=O)COc2ccccc2)c1. The van der Waals surface area contributed by atoms with Gasteiger partial charge < -0.3 is 14.2 Å². The molecule has 0 radical (unpaired) electrons. The molecule has 0 aliphatic rings. The minimum atomic E-state index is -0.366. The van der Waals surface area contributed by atoms with Crippen LogP contribution in [0, 0.1) is 0 Å². The van der Waals surface area contributed by atoms with E-state index >= 15 is 0 Å². The Bertz CT molecular complexity index is 1010. The van der Waals surface area contributed by atoms with Crippen LogP contribution in [0.25, 0.3) is 0 Å². The minimum absolute atomic E-state index is 0.133. The number of para-hydroxylation sites is 1. The maximum atomic E-state index is 11.9. The number of carbonyl (C=O) groups excluding carboxylic acids is 1. The van der Waals surface area contributed by atoms with Gasteiger partial charge >= 0.3 is 0 Å². The normalized spacial score (nSPS) is 10.6. The summed E-state index contributed by atoms with van der Waals surface area (Å²) in [4.78, 5) is 11.9. The zero-order valence-corrected chi connectivity index (χ0v) is 18.0. The molecule has 1 amide bonds. The van der Waals surface area contributed by atoms with E-state index in [4.69, 9.17) is 14.2 Å². The van der Waals surface area contributed by atoms with Gasteiger partial charge in [-0.2, -0.15) is 5.10 Å². The predicted molar refractivity (Wildman–Crippen MR) is 119 cm³/mol. The van der Waals surface area contributed by atoms with Crippen LogP contribution >= 0.6 is 15.9 Å². The van der Waals surface area contributed by atoms with Gasteiger partial charge in [0.2, 0.25) is 0 Å². The third-order valence-electron chi connectivity index (χ3n) is 4.01. The van der Waals surface area contributed by atoms with Crippen molar-refractivity contribution in [2.45, 2.75) is 6.61 Å². The molecule has 7 heteroatoms. The molecule has 0 atom stereocenters. The van der Waals surface area contributed by atoms with Crippen molar-refractivity contribution >= 4 is 28.1 Å². The first-order chi connectivity index (χ1) is 14.6. The van der Waals surface area contributed by atoms with Crippen molar-refractivity contribution in [1.82, 2.24) is 5.43 Å². The van der Waals surface area contributed by atoms with Gasteiger partial charge in [0.25, 0.3) is 5.91 Å². The molecule has 1 N–H and O–H groups in total. The summed E-state index contributed by atoms with van der Waals surface area (Å²) < 4.78 is 17.6. The molecular weight excluding hydrogens is 448 g/mol. The van der Waals surface area contributed by atoms with E-state index in [2.05, 4.69) is 26.5 Å². The Kier molecular flexibility index (Phi) is 7.86. The summed E-state index contributed by atoms with van der Waals surface area (Å²) >= 11 is 3.45. The van der Waals surface area contributed by atoms with Crippen LogP contribution in [0.2, 0.25) is 0 Å². The van der Waals surface area contributed by atoms with E-state index < -0.39 is 0 Å². The van der Waals surface area contributed by atoms with Gasteiger partial charge in [-0.25, -0.2) is 5.43 Å². The van der Waals surface area contributed by atoms with Gasteiger partial charge in [0, 0.05) is 10.0 Å². The molecule has 0 unspecified atom stereocenters. The van der Waals surface area contributed by atoms with Gasteiger partial charge in [0.05, 0.1) is 13.3 Å². The highest BCUT2D eigenvalue weighted by atomic mass is 79.9. The van der Waals surface area contributed by atoms with Crippen LogP contribution in [-0.2, 0) is 11.4 Å². The van der Waals surface area contributed by atoms with Crippen molar-refractivity contribution < 1.29 is 19.0 Å². The first-order valence-electron chi connectivity index (χ1n) is 9.19. The third kappa shape index (κ3) is 6.63. The Hall–Kier alpha value is -3.32. The van der Waals surface area contributed by atoms with Gasteiger partial charge in [0.1, 0.15) is 23.9 Å². The number of hydrogen-bond acceptors (Lipinski definition) is 5. The highest BCUT2D eigenvalue weighted by Gasteiger charge is 2.06. The second-order valence-corrected chi connectivity index (χ2v) is 7.13. The Morgan fingerprint density at radius 2 is 1.83 bits per heavy atom. The van der Waals surface area contributed by atoms with Gasteiger partial charge in [-0.3, -0.25) is 4.79 Å². The average molecular weight is 469 g/mol. The molecule has 154 valence electrons. The molecule has 30 heavy (non-hydrogen) atoms. The summed E-state index contributed by atoms with van der Waals surface area (Å²) in [7, 11) is 1.58. The quantitative estimate of drug-likeness (QED) is 0.369. The fourth-order valence-corrected chi connectivity index (χ4v) is 2.99. The molecule has 0 aromatic heterocycles. The molecule has 0 saturated heterocycles. The van der Waals surface area contributed by atoms with E-state index in [0.29, 0.717) is 29.4 Å². The lowest BCUT2D eigenvalue weighted by atomic mass is 10.2. The highest BCUT2D eigenvalue weighted by molar-refractivity contribution is 9.10. The topological polar surface area (TPSA) is 69.2 Å². The molecule has 3 rings (SSSR count). The molecule has 0 saturated carbocycles. The van der Waals surface area contributed by atoms with Crippen LogP contribution in [0.15, 0.2) is 82.4 Å². The number of rotatable bonds is 9. The second kappa shape index (κ2) is 11.0. The van der Waals surface area contributed by atoms with Crippen molar-refractivity contribution in [2.75, 3.05) is 13.7 Å². The zero-order valence-electron chi connectivity index (χ0n) is 16.4. The number of nitrogens with one attached hydrogen (secondary N) is 1. The standard InChI is InChI=1S/C23H21BrN2O4/c1-28-21-10-11-22(30-15-17-6-5-7-19(24)12-17)18(13-21)14-25-26-23(27)16-29-20-8-3-2-4-9-20/h2-14H,15-16H2,1H3,(H,26,27)/b25-14-. The first-order valence-corrected chi connectivity index (χ1v) is 9.98. The first kappa shape index (κ1) is 21.4. The molecule has 0 bridgehead atoms. The van der Waals surface area contributed by atoms with Crippen LogP contribution in [0.1, 0.15) is 11.1 Å². The van der Waals surface area contributed by atoms with Crippen LogP contribution < -0.4 is 19.6 Å². The van der Waals surface area contributed by atoms with Crippen molar-refractivity contribution in [3.63, 3.8) is 0 Å². The maximum absolute atomic E-state index is 11.9. The molecule has 3 aromatic carbocycles. The van der Waals surface area contributed by atoms with E-state index in [9.17, 15) is 4.79 Å². The number of methoxy groups -OCH3 is 1. The molecule has 0 fully saturated rings. The summed E-state index contributed by atoms with van der Waals surface area (Å²) in [6, 6.07) is 22.4. The number of nitrogens with zero attached hydrogens (tertiary/aromatic N) is 1. The molecule has 6 nitrogen and oxygen atoms in total. The molecule has 0 spiro atoms. The number of amides is 1. The summed E-state index contributed by atoms with van der Waals surface area (Å²) in [6.07, 6.45) is 1.51. The van der Waals surface area contributed by atoms with Crippen LogP contribution in [0.3, 0.4) is 0 Å². The largest absolute Gasteiger partial charge is 0.497 e. The van der Waals surface area contributed by atoms with Crippen molar-refractivity contribution in [3.8, 4) is 17.2 Å². The smallest absolute Gasteiger partial charge is 0.277 e. The van der Waals surface area contributed by atoms with E-state index in [1.165, 1.54) is 6.21 Å². The maximum Gasteiger partial charge on any atom is 0.277 e. The second-order valence-electron chi connectivity index (χ2n) is 6.22. The van der Waals surface area contributed by atoms with E-state index in [1.807, 2.05) is 42.5 Å². The minimum Gasteiger partial charge on any atom is -0.497 e. The molecule has 0 heterocycles. The lowest BCUT2D eigenvalue weighted by Gasteiger charge is -2.11. The Morgan fingerprint density at radius 1 is 1.00 bits per heavy atom. The zero-order chi connectivity index (χ0) is 21.2. The van der Waals surface area contributed by atoms with Crippen LogP contribution in [0.5, 0.6) is 17.2 Å². The Morgan fingerprint density at radius 3 is 2.60 bits per heavy atom. The number of benzene rings is 3. The van der Waals surface area contributed by atoms with E-state index in [1.54, 1.807) is 37.4 Å². The number of ether oxygens (including phenoxy) is 3. The fraction of sp³-hybridized carbons (Fsp3) is 0.130. The third-order valence-corrected chi connectivity index (χ3v) is 4.50. The molecule has 0 aliphatic carbocycles. The highest BCUT2D eigenvalue weighted by Crippen LogP contribution is 2.24. The van der Waals surface area contributed by atoms with Crippen molar-refractivity contribution in [2.24, 2.45) is 5.10 Å². The average Bonchev–Trinajstić information content (AvgIpc) is 2.77. The summed E-state index contributed by atoms with van der Waals surface area (Å²) in [5.41, 5.74) is 4.15. The Balaban J connectivity index is 1.60. The fourth-order valence-electron chi connectivity index (χ4n) is 2.55. The van der Waals surface area contributed by atoms with Crippen molar-refractivity contribution in [1.29, 1.82) is 0 Å². The lowest BCUT2D eigenvalue weighted by molar-refractivity contribution is -0.123. The van der Waals surface area contributed by atoms with E-state index in [-0.39, 0.29) is 12.5 Å². The van der Waals surface area contributed by atoms with Crippen molar-refractivity contribution in [3.05, 3.63) is 88.4 Å². The summed E-state index contributed by atoms with van der Waals surface area (Å²) in [5.74, 6) is 1.53. The molecule has 3 aromatic rings. The molecular formula is C23H21BrN2O4. The monoisotopic (exact) mass is 468 g/mol. The van der Waals surface area contributed by atoms with Gasteiger partial charge in [0.15, 0.2) is 6.61 Å². The summed E-state index contributed by atoms with van der Waals surface area (Å²) in [5, 5.41) is 4.01. The predicted octanol–water partition coefficient (Wildman–Crippen LogP) is 4.57. The summed E-state index contributed by atoms with van der Waals surface area (Å²) in [6.45, 7) is 0.260. The number of hydrazone groups is 1. The van der Waals surface area contributed by atoms with Gasteiger partial charge in [-0.05, 0) is 48.0 Å². The van der Waals surface area contributed by atoms with Crippen LogP contribution in [-0.4, -0.2) is 25.8 Å².